The highest BCUT2D eigenvalue weighted by molar-refractivity contribution is 5.74. The van der Waals surface area contributed by atoms with E-state index < -0.39 is 12.6 Å². The van der Waals surface area contributed by atoms with Gasteiger partial charge < -0.3 is 23.5 Å². The van der Waals surface area contributed by atoms with Crippen molar-refractivity contribution in [2.45, 2.75) is 0 Å². The first kappa shape index (κ1) is 15.8. The van der Waals surface area contributed by atoms with Crippen molar-refractivity contribution in [3.8, 4) is 40.0 Å². The predicted octanol–water partition coefficient (Wildman–Crippen LogP) is 2.14. The van der Waals surface area contributed by atoms with Crippen molar-refractivity contribution in [2.75, 3.05) is 6.61 Å². The number of imidazole rings is 1. The Bertz CT molecular complexity index is 965. The number of benzene rings is 1. The quantitative estimate of drug-likeness (QED) is 0.573. The van der Waals surface area contributed by atoms with Crippen LogP contribution >= 0.6 is 0 Å². The van der Waals surface area contributed by atoms with Crippen LogP contribution in [0, 0.1) is 0 Å². The maximum atomic E-state index is 10.7. The second-order valence-electron chi connectivity index (χ2n) is 5.49. The summed E-state index contributed by atoms with van der Waals surface area (Å²) in [5.41, 5.74) is 2.07. The maximum absolute atomic E-state index is 10.7. The molecule has 7 heteroatoms. The van der Waals surface area contributed by atoms with Crippen molar-refractivity contribution in [3.05, 3.63) is 61.1 Å². The second kappa shape index (κ2) is 6.64. The molecule has 0 fully saturated rings. The lowest BCUT2D eigenvalue weighted by molar-refractivity contribution is -0.350. The van der Waals surface area contributed by atoms with Crippen molar-refractivity contribution < 1.29 is 28.5 Å². The minimum absolute atomic E-state index is 0.409. The summed E-state index contributed by atoms with van der Waals surface area (Å²) in [6.45, 7) is -0.534. The lowest BCUT2D eigenvalue weighted by atomic mass is 10.2. The van der Waals surface area contributed by atoms with Gasteiger partial charge in [0.1, 0.15) is 17.9 Å². The highest BCUT2D eigenvalue weighted by Crippen LogP contribution is 2.33. The number of aliphatic carboxylic acids is 1. The van der Waals surface area contributed by atoms with Gasteiger partial charge in [0.25, 0.3) is 5.82 Å². The number of carbonyl (C=O) groups is 1. The smallest absolute Gasteiger partial charge is 0.289 e. The fraction of sp³-hybridized carbons (Fsp3) is 0.0526. The van der Waals surface area contributed by atoms with Crippen LogP contribution in [0.5, 0.6) is 5.75 Å². The molecule has 0 aliphatic carbocycles. The van der Waals surface area contributed by atoms with Gasteiger partial charge in [-0.1, -0.05) is 12.1 Å². The fourth-order valence-electron chi connectivity index (χ4n) is 2.69. The number of carbonyl (C=O) groups excluding carboxylic acids is 1. The predicted molar refractivity (Wildman–Crippen MR) is 88.7 cm³/mol. The summed E-state index contributed by atoms with van der Waals surface area (Å²) >= 11 is 0. The third kappa shape index (κ3) is 2.98. The number of furan rings is 2. The summed E-state index contributed by atoms with van der Waals surface area (Å²) in [6.07, 6.45) is 3.16. The van der Waals surface area contributed by atoms with Crippen molar-refractivity contribution in [1.29, 1.82) is 0 Å². The van der Waals surface area contributed by atoms with Crippen LogP contribution in [0.1, 0.15) is 0 Å². The molecule has 0 aliphatic rings. The number of carboxylic acids is 1. The molecule has 4 aromatic rings. The molecule has 0 amide bonds. The molecule has 0 atom stereocenters. The summed E-state index contributed by atoms with van der Waals surface area (Å²) in [5, 5.41) is 10.7. The highest BCUT2D eigenvalue weighted by Gasteiger charge is 2.26. The lowest BCUT2D eigenvalue weighted by Crippen LogP contribution is -2.29. The van der Waals surface area contributed by atoms with Crippen LogP contribution in [0.4, 0.5) is 0 Å². The van der Waals surface area contributed by atoms with Gasteiger partial charge in [-0.3, -0.25) is 0 Å². The zero-order chi connectivity index (χ0) is 17.9. The molecule has 7 nitrogen and oxygen atoms in total. The molecule has 3 aromatic heterocycles. The summed E-state index contributed by atoms with van der Waals surface area (Å²) < 4.78 is 16.3. The number of rotatable bonds is 6. The average Bonchev–Trinajstić information content (AvgIpc) is 3.40. The van der Waals surface area contributed by atoms with Crippen LogP contribution in [-0.4, -0.2) is 17.6 Å². The van der Waals surface area contributed by atoms with E-state index in [0.29, 0.717) is 40.0 Å². The molecular formula is C19H14N2O5. The van der Waals surface area contributed by atoms with Crippen LogP contribution in [0.25, 0.3) is 34.3 Å². The summed E-state index contributed by atoms with van der Waals surface area (Å²) in [6, 6.07) is 14.3. The van der Waals surface area contributed by atoms with Gasteiger partial charge in [-0.25, -0.2) is 9.97 Å². The van der Waals surface area contributed by atoms with Crippen LogP contribution < -0.4 is 14.8 Å². The molecule has 0 radical (unpaired) electrons. The van der Waals surface area contributed by atoms with Crippen molar-refractivity contribution >= 4 is 5.97 Å². The Morgan fingerprint density at radius 1 is 1.04 bits per heavy atom. The fourth-order valence-corrected chi connectivity index (χ4v) is 2.69. The largest absolute Gasteiger partial charge is 0.546 e. The van der Waals surface area contributed by atoms with E-state index in [1.165, 1.54) is 0 Å². The van der Waals surface area contributed by atoms with Gasteiger partial charge in [0.15, 0.2) is 11.5 Å². The monoisotopic (exact) mass is 350 g/mol. The number of H-pyrrole nitrogens is 2. The first-order valence-corrected chi connectivity index (χ1v) is 7.87. The molecule has 3 heterocycles. The molecule has 1 aromatic carbocycles. The Kier molecular flexibility index (Phi) is 4.03. The molecule has 2 N–H and O–H groups in total. The number of nitrogens with one attached hydrogen (secondary N) is 2. The molecule has 0 bridgehead atoms. The SMILES string of the molecule is O=C([O-])COc1ccccc1-c1[nH]c(-c2ccco2)c(-c2ccco2)[nH+]1. The van der Waals surface area contributed by atoms with Gasteiger partial charge in [-0.2, -0.15) is 0 Å². The van der Waals surface area contributed by atoms with Gasteiger partial charge in [0.05, 0.1) is 18.5 Å². The van der Waals surface area contributed by atoms with Crippen molar-refractivity contribution in [2.24, 2.45) is 0 Å². The zero-order valence-corrected chi connectivity index (χ0v) is 13.5. The molecule has 130 valence electrons. The minimum Gasteiger partial charge on any atom is -0.546 e. The van der Waals surface area contributed by atoms with Crippen LogP contribution in [-0.2, 0) is 4.79 Å². The van der Waals surface area contributed by atoms with E-state index in [0.717, 1.165) is 0 Å². The Hall–Kier alpha value is -3.74. The van der Waals surface area contributed by atoms with Crippen molar-refractivity contribution in [3.63, 3.8) is 0 Å². The molecule has 0 unspecified atom stereocenters. The Labute approximate surface area is 147 Å². The van der Waals surface area contributed by atoms with E-state index in [2.05, 4.69) is 9.97 Å². The molecule has 0 saturated carbocycles. The minimum atomic E-state index is -1.29. The number of aromatic amines is 2. The normalized spacial score (nSPS) is 10.8. The number of aromatic nitrogens is 2. The van der Waals surface area contributed by atoms with E-state index >= 15 is 0 Å². The molecule has 4 rings (SSSR count). The van der Waals surface area contributed by atoms with Gasteiger partial charge in [0, 0.05) is 0 Å². The van der Waals surface area contributed by atoms with E-state index in [-0.39, 0.29) is 0 Å². The van der Waals surface area contributed by atoms with E-state index in [1.807, 2.05) is 24.3 Å². The van der Waals surface area contributed by atoms with Crippen LogP contribution in [0.2, 0.25) is 0 Å². The van der Waals surface area contributed by atoms with Gasteiger partial charge >= 0.3 is 0 Å². The molecule has 26 heavy (non-hydrogen) atoms. The first-order valence-electron chi connectivity index (χ1n) is 7.87. The zero-order valence-electron chi connectivity index (χ0n) is 13.5. The second-order valence-corrected chi connectivity index (χ2v) is 5.49. The van der Waals surface area contributed by atoms with E-state index in [9.17, 15) is 9.90 Å². The number of carboxylic acid groups (broad SMARTS) is 1. The third-order valence-corrected chi connectivity index (χ3v) is 3.79. The van der Waals surface area contributed by atoms with Gasteiger partial charge in [-0.05, 0) is 36.4 Å². The highest BCUT2D eigenvalue weighted by atomic mass is 16.5. The van der Waals surface area contributed by atoms with Crippen LogP contribution in [0.15, 0.2) is 69.9 Å². The van der Waals surface area contributed by atoms with Crippen LogP contribution in [0.3, 0.4) is 0 Å². The van der Waals surface area contributed by atoms with Gasteiger partial charge in [-0.15, -0.1) is 0 Å². The number of para-hydroxylation sites is 1. The van der Waals surface area contributed by atoms with Crippen molar-refractivity contribution in [1.82, 2.24) is 4.98 Å². The van der Waals surface area contributed by atoms with Gasteiger partial charge in [0.2, 0.25) is 11.4 Å². The maximum Gasteiger partial charge on any atom is 0.289 e. The molecule has 0 aliphatic heterocycles. The topological polar surface area (TPSA) is 106 Å². The Balaban J connectivity index is 1.81. The molecular weight excluding hydrogens is 336 g/mol. The number of hydrogen-bond donors (Lipinski definition) is 1. The summed E-state index contributed by atoms with van der Waals surface area (Å²) in [7, 11) is 0. The number of ether oxygens (including phenoxy) is 1. The standard InChI is InChI=1S/C19H14N2O5/c22-16(23)11-26-13-6-2-1-5-12(13)19-20-17(14-7-3-9-24-14)18(21-19)15-8-4-10-25-15/h1-10H,11H2,(H,20,21)(H,22,23). The summed E-state index contributed by atoms with van der Waals surface area (Å²) in [5.74, 6) is 1.00. The molecule has 0 spiro atoms. The molecule has 0 saturated heterocycles. The number of hydrogen-bond acceptors (Lipinski definition) is 5. The lowest BCUT2D eigenvalue weighted by Gasteiger charge is -2.08. The Morgan fingerprint density at radius 2 is 1.77 bits per heavy atom. The third-order valence-electron chi connectivity index (χ3n) is 3.79. The van der Waals surface area contributed by atoms with E-state index in [4.69, 9.17) is 13.6 Å². The van der Waals surface area contributed by atoms with E-state index in [1.54, 1.807) is 36.8 Å². The first-order chi connectivity index (χ1) is 12.7. The Morgan fingerprint density at radius 3 is 2.46 bits per heavy atom. The summed E-state index contributed by atoms with van der Waals surface area (Å²) in [4.78, 5) is 17.2. The average molecular weight is 350 g/mol.